The molecule has 35 heavy (non-hydrogen) atoms. The summed E-state index contributed by atoms with van der Waals surface area (Å²) in [7, 11) is 0. The molecule has 180 valence electrons. The van der Waals surface area contributed by atoms with E-state index in [-0.39, 0.29) is 12.2 Å². The van der Waals surface area contributed by atoms with Crippen LogP contribution in [-0.4, -0.2) is 12.5 Å². The van der Waals surface area contributed by atoms with Crippen molar-refractivity contribution in [2.75, 3.05) is 11.9 Å². The molecule has 0 radical (unpaired) electrons. The van der Waals surface area contributed by atoms with E-state index in [2.05, 4.69) is 21.2 Å². The van der Waals surface area contributed by atoms with Gasteiger partial charge < -0.3 is 14.8 Å². The van der Waals surface area contributed by atoms with Gasteiger partial charge >= 0.3 is 0 Å². The number of nitrogens with zero attached hydrogens (tertiary/aromatic N) is 1. The molecule has 3 rings (SSSR count). The van der Waals surface area contributed by atoms with Crippen molar-refractivity contribution in [2.45, 2.75) is 27.4 Å². The lowest BCUT2D eigenvalue weighted by Crippen LogP contribution is -2.14. The average Bonchev–Trinajstić information content (AvgIpc) is 2.81. The standard InChI is InChI=1S/C27H23BrCl2N2O3/c1-4-34-25-11-19(10-20(14-31)27(33)32-24-9-16(2)5-6-17(24)3)22(28)13-26(25)35-15-18-7-8-21(29)12-23(18)30/h5-13H,4,15H2,1-3H3,(H,32,33)/b20-10+. The summed E-state index contributed by atoms with van der Waals surface area (Å²) in [4.78, 5) is 12.8. The molecule has 0 spiro atoms. The zero-order valence-corrected chi connectivity index (χ0v) is 22.5. The van der Waals surface area contributed by atoms with Crippen LogP contribution in [0.3, 0.4) is 0 Å². The number of rotatable bonds is 8. The highest BCUT2D eigenvalue weighted by molar-refractivity contribution is 9.10. The van der Waals surface area contributed by atoms with Crippen LogP contribution in [-0.2, 0) is 11.4 Å². The molecule has 0 aromatic heterocycles. The predicted octanol–water partition coefficient (Wildman–Crippen LogP) is 7.90. The van der Waals surface area contributed by atoms with Crippen molar-refractivity contribution in [3.63, 3.8) is 0 Å². The molecule has 0 saturated carbocycles. The van der Waals surface area contributed by atoms with Crippen LogP contribution in [0.15, 0.2) is 58.6 Å². The molecule has 0 aliphatic rings. The maximum atomic E-state index is 12.8. The molecule has 0 heterocycles. The van der Waals surface area contributed by atoms with Gasteiger partial charge in [-0.25, -0.2) is 0 Å². The summed E-state index contributed by atoms with van der Waals surface area (Å²) in [6.45, 7) is 6.30. The van der Waals surface area contributed by atoms with Crippen molar-refractivity contribution in [2.24, 2.45) is 0 Å². The molecule has 3 aromatic carbocycles. The van der Waals surface area contributed by atoms with Gasteiger partial charge in [-0.3, -0.25) is 4.79 Å². The van der Waals surface area contributed by atoms with Crippen LogP contribution in [0.25, 0.3) is 6.08 Å². The second-order valence-electron chi connectivity index (χ2n) is 7.72. The quantitative estimate of drug-likeness (QED) is 0.219. The Morgan fingerprint density at radius 1 is 1.09 bits per heavy atom. The molecule has 0 atom stereocenters. The van der Waals surface area contributed by atoms with Crippen LogP contribution in [0.2, 0.25) is 10.0 Å². The number of amides is 1. The van der Waals surface area contributed by atoms with E-state index in [9.17, 15) is 10.1 Å². The summed E-state index contributed by atoms with van der Waals surface area (Å²) in [5.41, 5.74) is 3.90. The normalized spacial score (nSPS) is 11.1. The van der Waals surface area contributed by atoms with Gasteiger partial charge in [-0.05, 0) is 73.9 Å². The van der Waals surface area contributed by atoms with Gasteiger partial charge in [0, 0.05) is 25.8 Å². The molecule has 1 N–H and O–H groups in total. The first kappa shape index (κ1) is 26.6. The lowest BCUT2D eigenvalue weighted by Gasteiger charge is -2.15. The van der Waals surface area contributed by atoms with Crippen LogP contribution in [0.1, 0.15) is 29.2 Å². The highest BCUT2D eigenvalue weighted by Crippen LogP contribution is 2.36. The van der Waals surface area contributed by atoms with Gasteiger partial charge in [0.2, 0.25) is 0 Å². The Balaban J connectivity index is 1.87. The van der Waals surface area contributed by atoms with Crippen molar-refractivity contribution in [1.29, 1.82) is 5.26 Å². The molecule has 0 aliphatic heterocycles. The molecule has 1 amide bonds. The maximum absolute atomic E-state index is 12.8. The van der Waals surface area contributed by atoms with Gasteiger partial charge in [0.05, 0.1) is 6.61 Å². The Morgan fingerprint density at radius 3 is 2.51 bits per heavy atom. The van der Waals surface area contributed by atoms with Gasteiger partial charge in [-0.1, -0.05) is 57.3 Å². The Hall–Kier alpha value is -2.98. The topological polar surface area (TPSA) is 71.3 Å². The predicted molar refractivity (Wildman–Crippen MR) is 144 cm³/mol. The number of carbonyl (C=O) groups is 1. The number of halogens is 3. The second kappa shape index (κ2) is 12.1. The summed E-state index contributed by atoms with van der Waals surface area (Å²) < 4.78 is 12.4. The summed E-state index contributed by atoms with van der Waals surface area (Å²) in [6.07, 6.45) is 1.51. The fourth-order valence-corrected chi connectivity index (χ4v) is 4.10. The Labute approximate surface area is 223 Å². The number of aryl methyl sites for hydroxylation is 2. The average molecular weight is 574 g/mol. The van der Waals surface area contributed by atoms with Gasteiger partial charge in [0.25, 0.3) is 5.91 Å². The van der Waals surface area contributed by atoms with Crippen molar-refractivity contribution in [3.05, 3.63) is 90.9 Å². The lowest BCUT2D eigenvalue weighted by atomic mass is 10.1. The van der Waals surface area contributed by atoms with Crippen molar-refractivity contribution < 1.29 is 14.3 Å². The molecule has 0 aliphatic carbocycles. The fourth-order valence-electron chi connectivity index (χ4n) is 3.20. The third-order valence-corrected chi connectivity index (χ3v) is 6.34. The van der Waals surface area contributed by atoms with E-state index in [1.54, 1.807) is 30.3 Å². The number of hydrogen-bond donors (Lipinski definition) is 1. The zero-order valence-electron chi connectivity index (χ0n) is 19.4. The summed E-state index contributed by atoms with van der Waals surface area (Å²) >= 11 is 15.7. The van der Waals surface area contributed by atoms with Crippen LogP contribution < -0.4 is 14.8 Å². The third-order valence-electron chi connectivity index (χ3n) is 5.07. The number of benzene rings is 3. The number of nitriles is 1. The minimum Gasteiger partial charge on any atom is -0.490 e. The van der Waals surface area contributed by atoms with E-state index in [4.69, 9.17) is 32.7 Å². The van der Waals surface area contributed by atoms with Crippen LogP contribution in [0.4, 0.5) is 5.69 Å². The van der Waals surface area contributed by atoms with E-state index in [1.807, 2.05) is 45.0 Å². The maximum Gasteiger partial charge on any atom is 0.266 e. The first-order valence-electron chi connectivity index (χ1n) is 10.7. The van der Waals surface area contributed by atoms with Crippen LogP contribution >= 0.6 is 39.1 Å². The first-order valence-corrected chi connectivity index (χ1v) is 12.3. The molecule has 0 fully saturated rings. The van der Waals surface area contributed by atoms with Crippen molar-refractivity contribution in [3.8, 4) is 17.6 Å². The summed E-state index contributed by atoms with van der Waals surface area (Å²) in [5.74, 6) is 0.461. The second-order valence-corrected chi connectivity index (χ2v) is 9.42. The van der Waals surface area contributed by atoms with Gasteiger partial charge in [0.15, 0.2) is 11.5 Å². The number of carbonyl (C=O) groups excluding carboxylic acids is 1. The molecule has 0 bridgehead atoms. The number of anilines is 1. The zero-order chi connectivity index (χ0) is 25.5. The fraction of sp³-hybridized carbons (Fsp3) is 0.185. The van der Waals surface area contributed by atoms with Gasteiger partial charge in [-0.2, -0.15) is 5.26 Å². The monoisotopic (exact) mass is 572 g/mol. The van der Waals surface area contributed by atoms with E-state index in [1.165, 1.54) is 6.08 Å². The SMILES string of the molecule is CCOc1cc(/C=C(\C#N)C(=O)Nc2cc(C)ccc2C)c(Br)cc1OCc1ccc(Cl)cc1Cl. The summed E-state index contributed by atoms with van der Waals surface area (Å²) in [6, 6.07) is 16.4. The highest BCUT2D eigenvalue weighted by Gasteiger charge is 2.15. The third kappa shape index (κ3) is 7.02. The largest absolute Gasteiger partial charge is 0.490 e. The van der Waals surface area contributed by atoms with Crippen LogP contribution in [0, 0.1) is 25.2 Å². The Kier molecular flexibility index (Phi) is 9.22. The summed E-state index contributed by atoms with van der Waals surface area (Å²) in [5, 5.41) is 13.5. The van der Waals surface area contributed by atoms with Crippen LogP contribution in [0.5, 0.6) is 11.5 Å². The van der Waals surface area contributed by atoms with E-state index in [0.717, 1.165) is 16.7 Å². The molecular weight excluding hydrogens is 551 g/mol. The van der Waals surface area contributed by atoms with Gasteiger partial charge in [0.1, 0.15) is 18.2 Å². The Morgan fingerprint density at radius 2 is 1.83 bits per heavy atom. The number of ether oxygens (including phenoxy) is 2. The van der Waals surface area contributed by atoms with E-state index in [0.29, 0.717) is 43.9 Å². The number of nitrogens with one attached hydrogen (secondary N) is 1. The molecular formula is C27H23BrCl2N2O3. The van der Waals surface area contributed by atoms with Gasteiger partial charge in [-0.15, -0.1) is 0 Å². The Bertz CT molecular complexity index is 1330. The van der Waals surface area contributed by atoms with Crippen molar-refractivity contribution >= 4 is 56.8 Å². The van der Waals surface area contributed by atoms with Crippen molar-refractivity contribution in [1.82, 2.24) is 0 Å². The first-order chi connectivity index (χ1) is 16.7. The molecule has 3 aromatic rings. The van der Waals surface area contributed by atoms with E-state index < -0.39 is 5.91 Å². The lowest BCUT2D eigenvalue weighted by molar-refractivity contribution is -0.112. The minimum absolute atomic E-state index is 0.0457. The van der Waals surface area contributed by atoms with E-state index >= 15 is 0 Å². The number of hydrogen-bond acceptors (Lipinski definition) is 4. The smallest absolute Gasteiger partial charge is 0.266 e. The molecule has 5 nitrogen and oxygen atoms in total. The minimum atomic E-state index is -0.497. The molecule has 8 heteroatoms. The molecule has 0 saturated heterocycles. The molecule has 0 unspecified atom stereocenters. The highest BCUT2D eigenvalue weighted by atomic mass is 79.9.